The number of hydrogen-bond acceptors (Lipinski definition) is 7. The highest BCUT2D eigenvalue weighted by atomic mass is 16.4. The number of carbonyl (C=O) groups excluding carboxylic acids is 3. The van der Waals surface area contributed by atoms with Gasteiger partial charge in [0.2, 0.25) is 11.8 Å². The molecule has 1 aromatic heterocycles. The van der Waals surface area contributed by atoms with Gasteiger partial charge in [-0.1, -0.05) is 36.4 Å². The number of phenolic OH excluding ortho intramolecular Hbond substituents is 1. The Labute approximate surface area is 252 Å². The van der Waals surface area contributed by atoms with Crippen molar-refractivity contribution in [3.63, 3.8) is 0 Å². The molecule has 3 aromatic rings. The minimum atomic E-state index is -0.658. The summed E-state index contributed by atoms with van der Waals surface area (Å²) in [5, 5.41) is 12.8. The molecule has 0 saturated carbocycles. The molecule has 5 rings (SSSR count). The number of carbonyl (C=O) groups is 3. The van der Waals surface area contributed by atoms with Crippen molar-refractivity contribution in [2.45, 2.75) is 24.9 Å². The van der Waals surface area contributed by atoms with Crippen LogP contribution in [-0.4, -0.2) is 97.4 Å². The number of furan rings is 1. The Kier molecular flexibility index (Phi) is 8.86. The van der Waals surface area contributed by atoms with Gasteiger partial charge < -0.3 is 34.4 Å². The topological polar surface area (TPSA) is 110 Å². The van der Waals surface area contributed by atoms with E-state index in [0.29, 0.717) is 44.9 Å². The van der Waals surface area contributed by atoms with Crippen molar-refractivity contribution in [2.75, 3.05) is 58.8 Å². The van der Waals surface area contributed by atoms with Gasteiger partial charge in [-0.05, 0) is 41.0 Å². The molecule has 1 saturated heterocycles. The Hall–Kier alpha value is -4.57. The number of nitrogens with one attached hydrogen (secondary N) is 1. The second-order valence-corrected chi connectivity index (χ2v) is 11.3. The first-order valence-corrected chi connectivity index (χ1v) is 14.5. The minimum Gasteiger partial charge on any atom is -0.508 e. The summed E-state index contributed by atoms with van der Waals surface area (Å²) in [6.07, 6.45) is 2.04. The molecule has 0 aliphatic carbocycles. The number of piperazine rings is 1. The van der Waals surface area contributed by atoms with E-state index in [1.807, 2.05) is 30.1 Å². The predicted molar refractivity (Wildman–Crippen MR) is 164 cm³/mol. The summed E-state index contributed by atoms with van der Waals surface area (Å²) in [5.41, 5.74) is 4.03. The molecule has 0 radical (unpaired) electrons. The van der Waals surface area contributed by atoms with Crippen LogP contribution in [0.5, 0.6) is 5.75 Å². The summed E-state index contributed by atoms with van der Waals surface area (Å²) in [4.78, 5) is 46.8. The van der Waals surface area contributed by atoms with Gasteiger partial charge in [-0.15, -0.1) is 6.58 Å². The van der Waals surface area contributed by atoms with Gasteiger partial charge in [-0.25, -0.2) is 0 Å². The molecule has 2 atom stereocenters. The monoisotopic (exact) mass is 585 g/mol. The Morgan fingerprint density at radius 1 is 1.12 bits per heavy atom. The van der Waals surface area contributed by atoms with Crippen molar-refractivity contribution >= 4 is 23.4 Å². The van der Waals surface area contributed by atoms with Crippen LogP contribution in [0.25, 0.3) is 0 Å². The number of nitrogens with zero attached hydrogens (tertiary/aromatic N) is 4. The van der Waals surface area contributed by atoms with Gasteiger partial charge in [0.05, 0.1) is 12.5 Å². The lowest BCUT2D eigenvalue weighted by Gasteiger charge is -2.41. The van der Waals surface area contributed by atoms with Crippen molar-refractivity contribution in [1.29, 1.82) is 0 Å². The smallest absolute Gasteiger partial charge is 0.289 e. The second-order valence-electron chi connectivity index (χ2n) is 11.3. The first-order valence-electron chi connectivity index (χ1n) is 14.5. The average Bonchev–Trinajstić information content (AvgIpc) is 3.61. The first kappa shape index (κ1) is 29.9. The Morgan fingerprint density at radius 2 is 1.88 bits per heavy atom. The van der Waals surface area contributed by atoms with Crippen LogP contribution < -0.4 is 10.2 Å². The second kappa shape index (κ2) is 12.7. The normalized spacial score (nSPS) is 18.1. The Bertz CT molecular complexity index is 1500. The predicted octanol–water partition coefficient (Wildman–Crippen LogP) is 2.83. The van der Waals surface area contributed by atoms with Gasteiger partial charge in [-0.3, -0.25) is 14.4 Å². The van der Waals surface area contributed by atoms with Crippen LogP contribution in [0.1, 0.15) is 38.9 Å². The van der Waals surface area contributed by atoms with Crippen LogP contribution in [0.3, 0.4) is 0 Å². The summed E-state index contributed by atoms with van der Waals surface area (Å²) in [6, 6.07) is 15.8. The van der Waals surface area contributed by atoms with Crippen molar-refractivity contribution in [3.05, 3.63) is 95.5 Å². The molecule has 2 aliphatic heterocycles. The third-order valence-electron chi connectivity index (χ3n) is 8.15. The number of benzene rings is 2. The molecule has 2 aliphatic rings. The zero-order valence-electron chi connectivity index (χ0n) is 25.0. The number of para-hydroxylation sites is 1. The van der Waals surface area contributed by atoms with E-state index in [4.69, 9.17) is 4.42 Å². The molecular formula is C33H39N5O5. The van der Waals surface area contributed by atoms with Crippen molar-refractivity contribution in [1.82, 2.24) is 20.0 Å². The lowest BCUT2D eigenvalue weighted by atomic mass is 9.96. The third-order valence-corrected chi connectivity index (χ3v) is 8.15. The van der Waals surface area contributed by atoms with E-state index in [1.54, 1.807) is 55.4 Å². The Balaban J connectivity index is 1.38. The maximum absolute atomic E-state index is 14.0. The van der Waals surface area contributed by atoms with Gasteiger partial charge in [-0.2, -0.15) is 0 Å². The molecule has 1 fully saturated rings. The fraction of sp³-hybridized carbons (Fsp3) is 0.364. The van der Waals surface area contributed by atoms with E-state index < -0.39 is 6.04 Å². The molecule has 10 heteroatoms. The molecule has 3 amide bonds. The van der Waals surface area contributed by atoms with E-state index in [-0.39, 0.29) is 35.9 Å². The van der Waals surface area contributed by atoms with Gasteiger partial charge >= 0.3 is 0 Å². The van der Waals surface area contributed by atoms with E-state index in [1.165, 1.54) is 4.90 Å². The molecule has 3 heterocycles. The zero-order chi connectivity index (χ0) is 30.7. The van der Waals surface area contributed by atoms with Crippen LogP contribution in [0.2, 0.25) is 0 Å². The zero-order valence-corrected chi connectivity index (χ0v) is 25.0. The number of rotatable bonds is 10. The highest BCUT2D eigenvalue weighted by Crippen LogP contribution is 2.42. The summed E-state index contributed by atoms with van der Waals surface area (Å²) in [7, 11) is 5.42. The fourth-order valence-electron chi connectivity index (χ4n) is 6.00. The van der Waals surface area contributed by atoms with Crippen LogP contribution in [0.15, 0.2) is 71.7 Å². The van der Waals surface area contributed by atoms with Gasteiger partial charge in [0.25, 0.3) is 5.91 Å². The molecule has 2 N–H and O–H groups in total. The van der Waals surface area contributed by atoms with E-state index >= 15 is 0 Å². The number of fused-ring (bicyclic) bond motifs is 1. The van der Waals surface area contributed by atoms with E-state index in [9.17, 15) is 19.5 Å². The standard InChI is InChI=1S/C33H39N5O5/c1-5-15-34-19-30(40)38-17-16-37(32(41)27(38)18-22-9-11-24(39)12-10-22)20-23-7-6-8-25-26(21-36(4)31(23)25)28-13-14-29(43-28)33(42)35(2)3/h5-14,26-27,34,39H,1,15-21H2,2-4H3/t26?,27-/m0/s1. The molecule has 1 unspecified atom stereocenters. The van der Waals surface area contributed by atoms with Gasteiger partial charge in [0.15, 0.2) is 5.76 Å². The molecule has 43 heavy (non-hydrogen) atoms. The highest BCUT2D eigenvalue weighted by molar-refractivity contribution is 5.91. The van der Waals surface area contributed by atoms with Crippen LogP contribution >= 0.6 is 0 Å². The lowest BCUT2D eigenvalue weighted by Crippen LogP contribution is -2.60. The van der Waals surface area contributed by atoms with E-state index in [0.717, 1.165) is 28.1 Å². The summed E-state index contributed by atoms with van der Waals surface area (Å²) >= 11 is 0. The lowest BCUT2D eigenvalue weighted by molar-refractivity contribution is -0.151. The number of hydrogen-bond donors (Lipinski definition) is 2. The molecule has 226 valence electrons. The molecule has 2 aromatic carbocycles. The van der Waals surface area contributed by atoms with Crippen LogP contribution in [0.4, 0.5) is 5.69 Å². The number of aromatic hydroxyl groups is 1. The van der Waals surface area contributed by atoms with Crippen LogP contribution in [0, 0.1) is 0 Å². The van der Waals surface area contributed by atoms with E-state index in [2.05, 4.69) is 22.9 Å². The molecular weight excluding hydrogens is 546 g/mol. The fourth-order valence-corrected chi connectivity index (χ4v) is 6.00. The number of amides is 3. The maximum atomic E-state index is 14.0. The number of anilines is 1. The maximum Gasteiger partial charge on any atom is 0.289 e. The summed E-state index contributed by atoms with van der Waals surface area (Å²) in [6.45, 7) is 6.24. The summed E-state index contributed by atoms with van der Waals surface area (Å²) in [5.74, 6) is 0.730. The van der Waals surface area contributed by atoms with Crippen molar-refractivity contribution < 1.29 is 23.9 Å². The Morgan fingerprint density at radius 3 is 2.60 bits per heavy atom. The quantitative estimate of drug-likeness (QED) is 0.278. The van der Waals surface area contributed by atoms with Crippen molar-refractivity contribution in [2.24, 2.45) is 0 Å². The van der Waals surface area contributed by atoms with Gasteiger partial charge in [0.1, 0.15) is 17.6 Å². The SMILES string of the molecule is C=CCNCC(=O)N1CCN(Cc2cccc3c2N(C)CC3c2ccc(C(=O)N(C)C)o2)C(=O)[C@@H]1Cc1ccc(O)cc1. The molecule has 10 nitrogen and oxygen atoms in total. The minimum absolute atomic E-state index is 0.0425. The molecule has 0 spiro atoms. The third kappa shape index (κ3) is 6.29. The van der Waals surface area contributed by atoms with Gasteiger partial charge in [0, 0.05) is 66.0 Å². The largest absolute Gasteiger partial charge is 0.508 e. The first-order chi connectivity index (χ1) is 20.7. The van der Waals surface area contributed by atoms with Crippen LogP contribution in [-0.2, 0) is 22.6 Å². The summed E-state index contributed by atoms with van der Waals surface area (Å²) < 4.78 is 6.00. The average molecular weight is 586 g/mol. The number of phenols is 1. The van der Waals surface area contributed by atoms with Crippen molar-refractivity contribution in [3.8, 4) is 5.75 Å². The number of likely N-dealkylation sites (N-methyl/N-ethyl adjacent to an activating group) is 1. The highest BCUT2D eigenvalue weighted by Gasteiger charge is 2.38. The molecule has 0 bridgehead atoms.